The third-order valence-electron chi connectivity index (χ3n) is 2.23. The van der Waals surface area contributed by atoms with E-state index in [0.717, 1.165) is 0 Å². The maximum atomic E-state index is 12.2. The summed E-state index contributed by atoms with van der Waals surface area (Å²) in [6.07, 6.45) is -0.708. The van der Waals surface area contributed by atoms with Crippen molar-refractivity contribution >= 4 is 61.0 Å². The molecule has 0 aromatic heterocycles. The molecule has 21 heavy (non-hydrogen) atoms. The fraction of sp³-hybridized carbons (Fsp3) is 0.200. The van der Waals surface area contributed by atoms with Gasteiger partial charge in [0.2, 0.25) is 15.9 Å². The molecule has 4 N–H and O–H groups in total. The van der Waals surface area contributed by atoms with Gasteiger partial charge in [-0.2, -0.15) is 4.72 Å². The highest BCUT2D eigenvalue weighted by Crippen LogP contribution is 2.32. The van der Waals surface area contributed by atoms with Gasteiger partial charge in [-0.3, -0.25) is 9.59 Å². The normalized spacial score (nSPS) is 12.9. The predicted molar refractivity (Wildman–Crippen MR) is 79.7 cm³/mol. The molecule has 0 aliphatic rings. The van der Waals surface area contributed by atoms with Crippen LogP contribution in [0.3, 0.4) is 0 Å². The Balaban J connectivity index is 3.23. The van der Waals surface area contributed by atoms with Gasteiger partial charge in [0.05, 0.1) is 16.5 Å². The van der Waals surface area contributed by atoms with Gasteiger partial charge in [-0.05, 0) is 12.1 Å². The number of aliphatic carboxylic acids is 1. The zero-order valence-electron chi connectivity index (χ0n) is 10.1. The molecule has 0 radical (unpaired) electrons. The number of amides is 1. The molecule has 0 saturated heterocycles. The van der Waals surface area contributed by atoms with Crippen molar-refractivity contribution in [3.05, 3.63) is 26.7 Å². The molecule has 0 unspecified atom stereocenters. The minimum absolute atomic E-state index is 0.204. The van der Waals surface area contributed by atoms with Gasteiger partial charge >= 0.3 is 5.97 Å². The third-order valence-corrected chi connectivity index (χ3v) is 5.08. The number of carboxylic acid groups (broad SMARTS) is 1. The van der Waals surface area contributed by atoms with Gasteiger partial charge in [0.15, 0.2) is 0 Å². The molecule has 1 aromatic carbocycles. The Morgan fingerprint density at radius 3 is 2.19 bits per heavy atom. The topological polar surface area (TPSA) is 127 Å². The number of halogens is 3. The van der Waals surface area contributed by atoms with E-state index in [1.54, 1.807) is 0 Å². The SMILES string of the molecule is NC(=O)C[C@H](NS(=O)(=O)c1c(Cl)cc(Br)cc1Cl)C(=O)O. The first-order chi connectivity index (χ1) is 9.54. The highest BCUT2D eigenvalue weighted by Gasteiger charge is 2.30. The number of primary amides is 1. The Labute approximate surface area is 138 Å². The highest BCUT2D eigenvalue weighted by atomic mass is 79.9. The van der Waals surface area contributed by atoms with E-state index in [9.17, 15) is 18.0 Å². The lowest BCUT2D eigenvalue weighted by Crippen LogP contribution is -2.43. The van der Waals surface area contributed by atoms with Crippen LogP contribution in [0.2, 0.25) is 10.0 Å². The Kier molecular flexibility index (Phi) is 6.00. The van der Waals surface area contributed by atoms with Crippen LogP contribution < -0.4 is 10.5 Å². The van der Waals surface area contributed by atoms with Crippen LogP contribution in [0.25, 0.3) is 0 Å². The second-order valence-corrected chi connectivity index (χ2v) is 7.26. The van der Waals surface area contributed by atoms with Crippen molar-refractivity contribution in [2.24, 2.45) is 5.73 Å². The van der Waals surface area contributed by atoms with Crippen LogP contribution in [-0.4, -0.2) is 31.4 Å². The number of rotatable bonds is 6. The lowest BCUT2D eigenvalue weighted by atomic mass is 10.2. The molecule has 1 rings (SSSR count). The van der Waals surface area contributed by atoms with Gasteiger partial charge in [-0.1, -0.05) is 39.1 Å². The van der Waals surface area contributed by atoms with E-state index in [1.165, 1.54) is 12.1 Å². The van der Waals surface area contributed by atoms with E-state index in [-0.39, 0.29) is 10.0 Å². The average Bonchev–Trinajstić information content (AvgIpc) is 2.24. The molecule has 1 amide bonds. The van der Waals surface area contributed by atoms with Crippen LogP contribution in [0, 0.1) is 0 Å². The van der Waals surface area contributed by atoms with E-state index in [1.807, 2.05) is 4.72 Å². The van der Waals surface area contributed by atoms with Crippen molar-refractivity contribution in [2.45, 2.75) is 17.4 Å². The van der Waals surface area contributed by atoms with Gasteiger partial charge in [-0.25, -0.2) is 8.42 Å². The van der Waals surface area contributed by atoms with E-state index in [0.29, 0.717) is 4.47 Å². The summed E-state index contributed by atoms with van der Waals surface area (Å²) in [4.78, 5) is 21.3. The molecule has 11 heteroatoms. The van der Waals surface area contributed by atoms with E-state index in [4.69, 9.17) is 34.0 Å². The van der Waals surface area contributed by atoms with Crippen LogP contribution >= 0.6 is 39.1 Å². The number of carbonyl (C=O) groups excluding carboxylic acids is 1. The molecule has 1 aromatic rings. The van der Waals surface area contributed by atoms with Crippen LogP contribution in [0.15, 0.2) is 21.5 Å². The minimum Gasteiger partial charge on any atom is -0.480 e. The second-order valence-electron chi connectivity index (χ2n) is 3.88. The predicted octanol–water partition coefficient (Wildman–Crippen LogP) is 1.36. The zero-order valence-corrected chi connectivity index (χ0v) is 14.1. The summed E-state index contributed by atoms with van der Waals surface area (Å²) in [6, 6.07) is 0.848. The molecule has 7 nitrogen and oxygen atoms in total. The Morgan fingerprint density at radius 1 is 1.33 bits per heavy atom. The van der Waals surface area contributed by atoms with Crippen LogP contribution in [0.1, 0.15) is 6.42 Å². The molecular formula is C10H9BrCl2N2O5S. The average molecular weight is 420 g/mol. The summed E-state index contributed by atoms with van der Waals surface area (Å²) in [5.74, 6) is -2.53. The van der Waals surface area contributed by atoms with E-state index in [2.05, 4.69) is 15.9 Å². The first-order valence-electron chi connectivity index (χ1n) is 5.22. The van der Waals surface area contributed by atoms with Crippen molar-refractivity contribution in [1.29, 1.82) is 0 Å². The lowest BCUT2D eigenvalue weighted by Gasteiger charge is -2.15. The van der Waals surface area contributed by atoms with Gasteiger partial charge in [0, 0.05) is 4.47 Å². The maximum Gasteiger partial charge on any atom is 0.322 e. The number of carboxylic acids is 1. The number of benzene rings is 1. The molecule has 1 atom stereocenters. The summed E-state index contributed by atoms with van der Waals surface area (Å²) in [6.45, 7) is 0. The van der Waals surface area contributed by atoms with E-state index >= 15 is 0 Å². The molecule has 0 aliphatic carbocycles. The summed E-state index contributed by atoms with van der Waals surface area (Å²) in [5.41, 5.74) is 4.87. The number of hydrogen-bond acceptors (Lipinski definition) is 4. The third kappa shape index (κ3) is 4.82. The second kappa shape index (κ2) is 6.93. The first-order valence-corrected chi connectivity index (χ1v) is 8.26. The van der Waals surface area contributed by atoms with Crippen molar-refractivity contribution in [3.63, 3.8) is 0 Å². The largest absolute Gasteiger partial charge is 0.480 e. The van der Waals surface area contributed by atoms with Crippen molar-refractivity contribution in [2.75, 3.05) is 0 Å². The van der Waals surface area contributed by atoms with Crippen molar-refractivity contribution in [3.8, 4) is 0 Å². The van der Waals surface area contributed by atoms with Crippen LogP contribution in [-0.2, 0) is 19.6 Å². The number of carbonyl (C=O) groups is 2. The molecule has 0 aliphatic heterocycles. The Morgan fingerprint density at radius 2 is 1.81 bits per heavy atom. The summed E-state index contributed by atoms with van der Waals surface area (Å²) in [5, 5.41) is 8.50. The van der Waals surface area contributed by atoms with E-state index < -0.39 is 39.3 Å². The van der Waals surface area contributed by atoms with Gasteiger partial charge < -0.3 is 10.8 Å². The summed E-state index contributed by atoms with van der Waals surface area (Å²) < 4.78 is 26.6. The van der Waals surface area contributed by atoms with Gasteiger partial charge in [0.25, 0.3) is 0 Å². The lowest BCUT2D eigenvalue weighted by molar-refractivity contribution is -0.140. The molecule has 0 heterocycles. The quantitative estimate of drug-likeness (QED) is 0.641. The van der Waals surface area contributed by atoms with Crippen molar-refractivity contribution < 1.29 is 23.1 Å². The number of nitrogens with one attached hydrogen (secondary N) is 1. The number of hydrogen-bond donors (Lipinski definition) is 3. The fourth-order valence-electron chi connectivity index (χ4n) is 1.41. The molecule has 0 spiro atoms. The van der Waals surface area contributed by atoms with Crippen LogP contribution in [0.4, 0.5) is 0 Å². The molecule has 0 fully saturated rings. The molecule has 116 valence electrons. The Bertz CT molecular complexity index is 672. The minimum atomic E-state index is -4.35. The number of sulfonamides is 1. The van der Waals surface area contributed by atoms with Gasteiger partial charge in [-0.15, -0.1) is 0 Å². The first kappa shape index (κ1) is 18.2. The fourth-order valence-corrected chi connectivity index (χ4v) is 4.54. The smallest absolute Gasteiger partial charge is 0.322 e. The highest BCUT2D eigenvalue weighted by molar-refractivity contribution is 9.10. The summed E-state index contributed by atoms with van der Waals surface area (Å²) >= 11 is 14.7. The maximum absolute atomic E-state index is 12.2. The van der Waals surface area contributed by atoms with Crippen molar-refractivity contribution in [1.82, 2.24) is 4.72 Å². The zero-order chi connectivity index (χ0) is 16.4. The molecule has 0 bridgehead atoms. The number of nitrogens with two attached hydrogens (primary N) is 1. The summed E-state index contributed by atoms with van der Waals surface area (Å²) in [7, 11) is -4.35. The molecular weight excluding hydrogens is 411 g/mol. The monoisotopic (exact) mass is 418 g/mol. The van der Waals surface area contributed by atoms with Gasteiger partial charge in [0.1, 0.15) is 10.9 Å². The standard InChI is InChI=1S/C10H9BrCl2N2O5S/c11-4-1-5(12)9(6(13)2-4)21(19,20)15-7(10(17)18)3-8(14)16/h1-2,7,15H,3H2,(H2,14,16)(H,17,18)/t7-/m0/s1. The molecule has 0 saturated carbocycles. The van der Waals surface area contributed by atoms with Crippen LogP contribution in [0.5, 0.6) is 0 Å². The Hall–Kier alpha value is -0.870.